The largest absolute Gasteiger partial charge is 0.314 e. The first kappa shape index (κ1) is 12.9. The molecule has 1 aliphatic carbocycles. The number of piperidine rings is 2. The molecule has 2 nitrogen and oxygen atoms in total. The Kier molecular flexibility index (Phi) is 4.25. The van der Waals surface area contributed by atoms with E-state index in [1.54, 1.807) is 0 Å². The number of nitrogens with zero attached hydrogens (tertiary/aromatic N) is 1. The zero-order valence-electron chi connectivity index (χ0n) is 12.0. The first-order chi connectivity index (χ1) is 8.83. The van der Waals surface area contributed by atoms with Crippen molar-refractivity contribution in [1.29, 1.82) is 0 Å². The summed E-state index contributed by atoms with van der Waals surface area (Å²) in [5.74, 6) is 2.01. The Hall–Kier alpha value is -0.0800. The van der Waals surface area contributed by atoms with E-state index in [0.29, 0.717) is 0 Å². The van der Waals surface area contributed by atoms with Gasteiger partial charge in [-0.05, 0) is 70.4 Å². The van der Waals surface area contributed by atoms with E-state index >= 15 is 0 Å². The Bertz CT molecular complexity index is 264. The summed E-state index contributed by atoms with van der Waals surface area (Å²) in [6.45, 7) is 6.38. The van der Waals surface area contributed by atoms with Crippen molar-refractivity contribution in [2.75, 3.05) is 19.6 Å². The molecule has 2 heteroatoms. The van der Waals surface area contributed by atoms with Gasteiger partial charge in [0.05, 0.1) is 0 Å². The normalized spacial score (nSPS) is 42.5. The van der Waals surface area contributed by atoms with Crippen LogP contribution in [0.2, 0.25) is 0 Å². The molecule has 0 bridgehead atoms. The van der Waals surface area contributed by atoms with E-state index in [1.807, 2.05) is 0 Å². The highest BCUT2D eigenvalue weighted by Gasteiger charge is 2.34. The summed E-state index contributed by atoms with van der Waals surface area (Å²) in [6, 6.07) is 1.70. The Morgan fingerprint density at radius 3 is 2.78 bits per heavy atom. The third-order valence-corrected chi connectivity index (χ3v) is 5.58. The van der Waals surface area contributed by atoms with Crippen molar-refractivity contribution in [1.82, 2.24) is 10.2 Å². The minimum absolute atomic E-state index is 0.746. The number of hydrogen-bond donors (Lipinski definition) is 1. The second kappa shape index (κ2) is 5.92. The molecular formula is C16H30N2. The molecule has 18 heavy (non-hydrogen) atoms. The van der Waals surface area contributed by atoms with Crippen molar-refractivity contribution in [3.8, 4) is 0 Å². The number of likely N-dealkylation sites (tertiary alicyclic amines) is 1. The minimum atomic E-state index is 0.746. The van der Waals surface area contributed by atoms with Crippen molar-refractivity contribution < 1.29 is 0 Å². The van der Waals surface area contributed by atoms with Gasteiger partial charge in [0.15, 0.2) is 0 Å². The fourth-order valence-electron chi connectivity index (χ4n) is 4.69. The molecule has 0 radical (unpaired) electrons. The Balaban J connectivity index is 1.57. The molecule has 1 N–H and O–H groups in total. The SMILES string of the molecule is CC1CC(CN2CCCC3CCCCC32)CCN1. The predicted octanol–water partition coefficient (Wildman–Crippen LogP) is 3.03. The summed E-state index contributed by atoms with van der Waals surface area (Å²) < 4.78 is 0. The van der Waals surface area contributed by atoms with E-state index in [-0.39, 0.29) is 0 Å². The van der Waals surface area contributed by atoms with Crippen LogP contribution in [0.3, 0.4) is 0 Å². The van der Waals surface area contributed by atoms with E-state index in [0.717, 1.165) is 23.9 Å². The highest BCUT2D eigenvalue weighted by Crippen LogP contribution is 2.36. The fraction of sp³-hybridized carbons (Fsp3) is 1.00. The highest BCUT2D eigenvalue weighted by molar-refractivity contribution is 4.89. The molecule has 0 spiro atoms. The maximum Gasteiger partial charge on any atom is 0.0124 e. The van der Waals surface area contributed by atoms with Gasteiger partial charge in [-0.25, -0.2) is 0 Å². The number of nitrogens with one attached hydrogen (secondary N) is 1. The maximum atomic E-state index is 3.59. The lowest BCUT2D eigenvalue weighted by Crippen LogP contribution is -2.50. The van der Waals surface area contributed by atoms with Gasteiger partial charge in [-0.2, -0.15) is 0 Å². The molecule has 0 aromatic rings. The molecule has 0 amide bonds. The van der Waals surface area contributed by atoms with Crippen molar-refractivity contribution in [3.05, 3.63) is 0 Å². The maximum absolute atomic E-state index is 3.59. The molecule has 104 valence electrons. The quantitative estimate of drug-likeness (QED) is 0.810. The molecule has 2 aliphatic heterocycles. The zero-order chi connectivity index (χ0) is 12.4. The lowest BCUT2D eigenvalue weighted by molar-refractivity contribution is 0.0418. The minimum Gasteiger partial charge on any atom is -0.314 e. The van der Waals surface area contributed by atoms with E-state index in [9.17, 15) is 0 Å². The lowest BCUT2D eigenvalue weighted by Gasteiger charge is -2.46. The highest BCUT2D eigenvalue weighted by atomic mass is 15.2. The molecule has 3 rings (SSSR count). The number of fused-ring (bicyclic) bond motifs is 1. The van der Waals surface area contributed by atoms with Crippen molar-refractivity contribution in [2.24, 2.45) is 11.8 Å². The molecule has 4 atom stereocenters. The average Bonchev–Trinajstić information content (AvgIpc) is 2.39. The van der Waals surface area contributed by atoms with Gasteiger partial charge < -0.3 is 5.32 Å². The predicted molar refractivity (Wildman–Crippen MR) is 76.7 cm³/mol. The molecular weight excluding hydrogens is 220 g/mol. The van der Waals surface area contributed by atoms with Crippen molar-refractivity contribution >= 4 is 0 Å². The van der Waals surface area contributed by atoms with E-state index in [1.165, 1.54) is 71.0 Å². The van der Waals surface area contributed by atoms with Crippen LogP contribution >= 0.6 is 0 Å². The van der Waals surface area contributed by atoms with Gasteiger partial charge >= 0.3 is 0 Å². The molecule has 3 aliphatic rings. The molecule has 0 aromatic carbocycles. The van der Waals surface area contributed by atoms with Gasteiger partial charge in [-0.15, -0.1) is 0 Å². The number of rotatable bonds is 2. The Morgan fingerprint density at radius 2 is 1.89 bits per heavy atom. The van der Waals surface area contributed by atoms with Gasteiger partial charge in [0.25, 0.3) is 0 Å². The van der Waals surface area contributed by atoms with E-state index in [4.69, 9.17) is 0 Å². The van der Waals surface area contributed by atoms with E-state index in [2.05, 4.69) is 17.1 Å². The summed E-state index contributed by atoms with van der Waals surface area (Å²) in [4.78, 5) is 2.88. The average molecular weight is 250 g/mol. The zero-order valence-corrected chi connectivity index (χ0v) is 12.0. The van der Waals surface area contributed by atoms with Crippen LogP contribution in [-0.2, 0) is 0 Å². The monoisotopic (exact) mass is 250 g/mol. The van der Waals surface area contributed by atoms with Crippen LogP contribution in [-0.4, -0.2) is 36.6 Å². The van der Waals surface area contributed by atoms with Gasteiger partial charge in [0, 0.05) is 18.6 Å². The lowest BCUT2D eigenvalue weighted by atomic mass is 9.77. The van der Waals surface area contributed by atoms with Crippen LogP contribution in [0.25, 0.3) is 0 Å². The van der Waals surface area contributed by atoms with Gasteiger partial charge in [0.1, 0.15) is 0 Å². The molecule has 2 saturated heterocycles. The standard InChI is InChI=1S/C16H30N2/c1-13-11-14(8-9-17-13)12-18-10-4-6-15-5-2-3-7-16(15)18/h13-17H,2-12H2,1H3. The second-order valence-electron chi connectivity index (χ2n) is 6.99. The second-order valence-corrected chi connectivity index (χ2v) is 6.99. The third kappa shape index (κ3) is 2.91. The van der Waals surface area contributed by atoms with E-state index < -0.39 is 0 Å². The molecule has 0 aromatic heterocycles. The Morgan fingerprint density at radius 1 is 1.06 bits per heavy atom. The first-order valence-corrected chi connectivity index (χ1v) is 8.30. The van der Waals surface area contributed by atoms with Crippen LogP contribution in [0, 0.1) is 11.8 Å². The van der Waals surface area contributed by atoms with Crippen molar-refractivity contribution in [2.45, 2.75) is 70.4 Å². The van der Waals surface area contributed by atoms with Gasteiger partial charge in [-0.3, -0.25) is 4.90 Å². The van der Waals surface area contributed by atoms with Crippen LogP contribution < -0.4 is 5.32 Å². The topological polar surface area (TPSA) is 15.3 Å². The fourth-order valence-corrected chi connectivity index (χ4v) is 4.69. The molecule has 3 fully saturated rings. The van der Waals surface area contributed by atoms with Gasteiger partial charge in [-0.1, -0.05) is 12.8 Å². The van der Waals surface area contributed by atoms with Crippen LogP contribution in [0.1, 0.15) is 58.3 Å². The summed E-state index contributed by atoms with van der Waals surface area (Å²) >= 11 is 0. The third-order valence-electron chi connectivity index (χ3n) is 5.58. The number of hydrogen-bond acceptors (Lipinski definition) is 2. The summed E-state index contributed by atoms with van der Waals surface area (Å²) in [5.41, 5.74) is 0. The van der Waals surface area contributed by atoms with Crippen LogP contribution in [0.15, 0.2) is 0 Å². The summed E-state index contributed by atoms with van der Waals surface area (Å²) in [7, 11) is 0. The van der Waals surface area contributed by atoms with Gasteiger partial charge in [0.2, 0.25) is 0 Å². The molecule has 1 saturated carbocycles. The smallest absolute Gasteiger partial charge is 0.0124 e. The van der Waals surface area contributed by atoms with Crippen LogP contribution in [0.5, 0.6) is 0 Å². The summed E-state index contributed by atoms with van der Waals surface area (Å²) in [6.07, 6.45) is 11.8. The summed E-state index contributed by atoms with van der Waals surface area (Å²) in [5, 5.41) is 3.59. The Labute approximate surface area is 113 Å². The molecule has 2 heterocycles. The van der Waals surface area contributed by atoms with Crippen LogP contribution in [0.4, 0.5) is 0 Å². The van der Waals surface area contributed by atoms with Crippen molar-refractivity contribution in [3.63, 3.8) is 0 Å². The molecule has 4 unspecified atom stereocenters. The first-order valence-electron chi connectivity index (χ1n) is 8.30.